The molecule has 0 radical (unpaired) electrons. The lowest BCUT2D eigenvalue weighted by Crippen LogP contribution is -2.35. The minimum absolute atomic E-state index is 0.124. The molecule has 0 bridgehead atoms. The highest BCUT2D eigenvalue weighted by atomic mass is 16.5. The zero-order valence-electron chi connectivity index (χ0n) is 12.2. The van der Waals surface area contributed by atoms with E-state index in [1.165, 1.54) is 12.4 Å². The Kier molecular flexibility index (Phi) is 7.86. The molecule has 0 aromatic carbocycles. The Morgan fingerprint density at radius 2 is 1.80 bits per heavy atom. The highest BCUT2D eigenvalue weighted by Crippen LogP contribution is 2.20. The molecule has 2 N–H and O–H groups in total. The molecule has 1 rings (SSSR count). The number of aromatic nitrogens is 2. The van der Waals surface area contributed by atoms with Gasteiger partial charge >= 0.3 is 0 Å². The van der Waals surface area contributed by atoms with Crippen molar-refractivity contribution in [3.63, 3.8) is 0 Å². The molecule has 1 heterocycles. The molecule has 0 spiro atoms. The monoisotopic (exact) mass is 285 g/mol. The van der Waals surface area contributed by atoms with Crippen molar-refractivity contribution in [3.8, 4) is 11.8 Å². The van der Waals surface area contributed by atoms with Crippen molar-refractivity contribution in [2.75, 3.05) is 33.5 Å². The van der Waals surface area contributed by atoms with Crippen molar-refractivity contribution < 1.29 is 19.3 Å². The summed E-state index contributed by atoms with van der Waals surface area (Å²) >= 11 is 0. The highest BCUT2D eigenvalue weighted by molar-refractivity contribution is 5.23. The predicted molar refractivity (Wildman–Crippen MR) is 74.0 cm³/mol. The van der Waals surface area contributed by atoms with Crippen LogP contribution < -0.4 is 14.8 Å². The van der Waals surface area contributed by atoms with E-state index in [2.05, 4.69) is 15.3 Å². The normalized spacial score (nSPS) is 12.4. The van der Waals surface area contributed by atoms with Crippen LogP contribution in [0, 0.1) is 0 Å². The van der Waals surface area contributed by atoms with E-state index >= 15 is 0 Å². The van der Waals surface area contributed by atoms with Gasteiger partial charge in [-0.25, -0.2) is 9.97 Å². The van der Waals surface area contributed by atoms with E-state index in [4.69, 9.17) is 14.2 Å². The molecule has 1 atom stereocenters. The maximum Gasteiger partial charge on any atom is 0.278 e. The van der Waals surface area contributed by atoms with E-state index in [0.717, 1.165) is 0 Å². The molecule has 0 amide bonds. The molecule has 7 heteroatoms. The van der Waals surface area contributed by atoms with Gasteiger partial charge in [-0.15, -0.1) is 0 Å². The van der Waals surface area contributed by atoms with Crippen molar-refractivity contribution in [1.29, 1.82) is 0 Å². The fourth-order valence-corrected chi connectivity index (χ4v) is 1.34. The standard InChI is InChI=1S/C13H23N3O4/c1-10(2)16-8-11(17)9-20-13-12(14-4-5-15-13)19-7-6-18-3/h4-5,10-11,16-17H,6-9H2,1-3H3. The second kappa shape index (κ2) is 9.46. The minimum Gasteiger partial charge on any atom is -0.471 e. The van der Waals surface area contributed by atoms with E-state index in [1.807, 2.05) is 13.8 Å². The number of hydrogen-bond donors (Lipinski definition) is 2. The molecule has 0 aliphatic rings. The zero-order chi connectivity index (χ0) is 14.8. The van der Waals surface area contributed by atoms with Crippen LogP contribution in [0.3, 0.4) is 0 Å². The Balaban J connectivity index is 2.42. The number of aliphatic hydroxyl groups excluding tert-OH is 1. The van der Waals surface area contributed by atoms with Gasteiger partial charge in [0, 0.05) is 32.1 Å². The zero-order valence-corrected chi connectivity index (χ0v) is 12.2. The summed E-state index contributed by atoms with van der Waals surface area (Å²) < 4.78 is 15.7. The van der Waals surface area contributed by atoms with Gasteiger partial charge in [0.2, 0.25) is 0 Å². The summed E-state index contributed by atoms with van der Waals surface area (Å²) in [4.78, 5) is 8.08. The molecule has 0 saturated heterocycles. The smallest absolute Gasteiger partial charge is 0.278 e. The van der Waals surface area contributed by atoms with Gasteiger partial charge in [0.05, 0.1) is 6.61 Å². The van der Waals surface area contributed by atoms with Gasteiger partial charge in [0.25, 0.3) is 11.8 Å². The lowest BCUT2D eigenvalue weighted by atomic mass is 10.3. The second-order valence-electron chi connectivity index (χ2n) is 4.54. The first-order valence-electron chi connectivity index (χ1n) is 6.60. The van der Waals surface area contributed by atoms with Crippen LogP contribution in [0.4, 0.5) is 0 Å². The molecular weight excluding hydrogens is 262 g/mol. The first-order valence-corrected chi connectivity index (χ1v) is 6.60. The molecule has 0 aliphatic heterocycles. The second-order valence-corrected chi connectivity index (χ2v) is 4.54. The van der Waals surface area contributed by atoms with Crippen LogP contribution in [-0.2, 0) is 4.74 Å². The van der Waals surface area contributed by atoms with Crippen LogP contribution in [0.2, 0.25) is 0 Å². The molecule has 0 saturated carbocycles. The molecule has 114 valence electrons. The predicted octanol–water partition coefficient (Wildman–Crippen LogP) is 0.240. The van der Waals surface area contributed by atoms with Crippen LogP contribution in [0.1, 0.15) is 13.8 Å². The summed E-state index contributed by atoms with van der Waals surface area (Å²) in [6, 6.07) is 0.314. The summed E-state index contributed by atoms with van der Waals surface area (Å²) in [6.45, 7) is 5.42. The first-order chi connectivity index (χ1) is 9.63. The fraction of sp³-hybridized carbons (Fsp3) is 0.692. The van der Waals surface area contributed by atoms with E-state index < -0.39 is 6.10 Å². The largest absolute Gasteiger partial charge is 0.471 e. The number of methoxy groups -OCH3 is 1. The number of hydrogen-bond acceptors (Lipinski definition) is 7. The van der Waals surface area contributed by atoms with Crippen LogP contribution in [0.25, 0.3) is 0 Å². The summed E-state index contributed by atoms with van der Waals surface area (Å²) in [5.41, 5.74) is 0. The van der Waals surface area contributed by atoms with Crippen molar-refractivity contribution in [2.24, 2.45) is 0 Å². The molecule has 1 aromatic rings. The van der Waals surface area contributed by atoms with Crippen molar-refractivity contribution in [1.82, 2.24) is 15.3 Å². The first kappa shape index (κ1) is 16.6. The lowest BCUT2D eigenvalue weighted by Gasteiger charge is -2.15. The Morgan fingerprint density at radius 3 is 2.40 bits per heavy atom. The molecule has 0 aliphatic carbocycles. The number of ether oxygens (including phenoxy) is 3. The Hall–Kier alpha value is -1.44. The van der Waals surface area contributed by atoms with Gasteiger partial charge in [-0.3, -0.25) is 0 Å². The summed E-state index contributed by atoms with van der Waals surface area (Å²) in [6.07, 6.45) is 2.41. The molecule has 20 heavy (non-hydrogen) atoms. The minimum atomic E-state index is -0.619. The Labute approximate surface area is 119 Å². The lowest BCUT2D eigenvalue weighted by molar-refractivity contribution is 0.0961. The van der Waals surface area contributed by atoms with E-state index in [-0.39, 0.29) is 12.5 Å². The van der Waals surface area contributed by atoms with Gasteiger partial charge < -0.3 is 24.6 Å². The van der Waals surface area contributed by atoms with Crippen LogP contribution >= 0.6 is 0 Å². The van der Waals surface area contributed by atoms with Gasteiger partial charge in [-0.2, -0.15) is 0 Å². The van der Waals surface area contributed by atoms with Crippen LogP contribution in [-0.4, -0.2) is 60.7 Å². The third-order valence-electron chi connectivity index (χ3n) is 2.33. The Morgan fingerprint density at radius 1 is 1.15 bits per heavy atom. The third kappa shape index (κ3) is 6.65. The van der Waals surface area contributed by atoms with Crippen molar-refractivity contribution >= 4 is 0 Å². The Bertz CT molecular complexity index is 376. The van der Waals surface area contributed by atoms with Crippen molar-refractivity contribution in [2.45, 2.75) is 26.0 Å². The topological polar surface area (TPSA) is 85.7 Å². The summed E-state index contributed by atoms with van der Waals surface area (Å²) in [5.74, 6) is 0.570. The maximum atomic E-state index is 9.77. The van der Waals surface area contributed by atoms with Crippen molar-refractivity contribution in [3.05, 3.63) is 12.4 Å². The average Bonchev–Trinajstić information content (AvgIpc) is 2.44. The molecular formula is C13H23N3O4. The summed E-state index contributed by atoms with van der Waals surface area (Å²) in [7, 11) is 1.59. The van der Waals surface area contributed by atoms with Gasteiger partial charge in [0.15, 0.2) is 0 Å². The van der Waals surface area contributed by atoms with Gasteiger partial charge in [0.1, 0.15) is 19.3 Å². The number of aliphatic hydroxyl groups is 1. The number of rotatable bonds is 10. The molecule has 1 unspecified atom stereocenters. The number of nitrogens with one attached hydrogen (secondary N) is 1. The summed E-state index contributed by atoms with van der Waals surface area (Å²) in [5, 5.41) is 12.9. The van der Waals surface area contributed by atoms with E-state index in [0.29, 0.717) is 31.7 Å². The highest BCUT2D eigenvalue weighted by Gasteiger charge is 2.11. The molecule has 1 aromatic heterocycles. The average molecular weight is 285 g/mol. The quantitative estimate of drug-likeness (QED) is 0.595. The van der Waals surface area contributed by atoms with Gasteiger partial charge in [-0.05, 0) is 0 Å². The van der Waals surface area contributed by atoms with Crippen LogP contribution in [0.5, 0.6) is 11.8 Å². The third-order valence-corrected chi connectivity index (χ3v) is 2.33. The fourth-order valence-electron chi connectivity index (χ4n) is 1.34. The van der Waals surface area contributed by atoms with Crippen LogP contribution in [0.15, 0.2) is 12.4 Å². The SMILES string of the molecule is COCCOc1nccnc1OCC(O)CNC(C)C. The number of nitrogens with zero attached hydrogens (tertiary/aromatic N) is 2. The van der Waals surface area contributed by atoms with Gasteiger partial charge in [-0.1, -0.05) is 13.8 Å². The maximum absolute atomic E-state index is 9.77. The molecule has 0 fully saturated rings. The van der Waals surface area contributed by atoms with E-state index in [1.54, 1.807) is 7.11 Å². The van der Waals surface area contributed by atoms with E-state index in [9.17, 15) is 5.11 Å². The molecule has 7 nitrogen and oxygen atoms in total.